The van der Waals surface area contributed by atoms with E-state index in [1.54, 1.807) is 62.6 Å². The van der Waals surface area contributed by atoms with Crippen LogP contribution in [0, 0.1) is 6.92 Å². The Hall–Kier alpha value is -3.98. The number of carbonyl (C=O) groups is 1. The number of sulfone groups is 1. The number of nitrogens with zero attached hydrogens (tertiary/aromatic N) is 2. The van der Waals surface area contributed by atoms with E-state index in [1.165, 1.54) is 29.0 Å². The summed E-state index contributed by atoms with van der Waals surface area (Å²) in [6.45, 7) is 1.51. The van der Waals surface area contributed by atoms with Crippen molar-refractivity contribution < 1.29 is 17.9 Å². The minimum atomic E-state index is -4.10. The van der Waals surface area contributed by atoms with E-state index in [2.05, 4.69) is 10.3 Å². The number of fused-ring (bicyclic) bond motifs is 1. The van der Waals surface area contributed by atoms with Gasteiger partial charge in [0, 0.05) is 17.6 Å². The number of benzene rings is 2. The number of anilines is 1. The Balaban J connectivity index is 1.78. The quantitative estimate of drug-likeness (QED) is 0.471. The number of hydrogen-bond acceptors (Lipinski definition) is 6. The van der Waals surface area contributed by atoms with E-state index in [-0.39, 0.29) is 22.5 Å². The van der Waals surface area contributed by atoms with Crippen LogP contribution < -0.4 is 15.5 Å². The lowest BCUT2D eigenvalue weighted by Gasteiger charge is -2.14. The van der Waals surface area contributed by atoms with Crippen molar-refractivity contribution in [2.45, 2.75) is 23.3 Å². The van der Waals surface area contributed by atoms with Gasteiger partial charge in [0.25, 0.3) is 0 Å². The molecule has 8 nitrogen and oxygen atoms in total. The molecule has 0 bridgehead atoms. The first-order chi connectivity index (χ1) is 15.8. The van der Waals surface area contributed by atoms with Crippen molar-refractivity contribution in [1.29, 1.82) is 0 Å². The summed E-state index contributed by atoms with van der Waals surface area (Å²) in [5.41, 5.74) is 0.752. The molecule has 0 unspecified atom stereocenters. The highest BCUT2D eigenvalue weighted by molar-refractivity contribution is 7.91. The minimum absolute atomic E-state index is 0.00393. The molecule has 0 aliphatic rings. The van der Waals surface area contributed by atoms with Gasteiger partial charge in [-0.05, 0) is 55.5 Å². The molecule has 4 aromatic rings. The molecule has 9 heteroatoms. The summed E-state index contributed by atoms with van der Waals surface area (Å²) in [6.07, 6.45) is 1.19. The maximum absolute atomic E-state index is 13.2. The van der Waals surface area contributed by atoms with Gasteiger partial charge in [-0.15, -0.1) is 0 Å². The maximum Gasteiger partial charge on any atom is 0.244 e. The predicted octanol–water partition coefficient (Wildman–Crippen LogP) is 3.19. The van der Waals surface area contributed by atoms with Crippen LogP contribution in [0.15, 0.2) is 87.5 Å². The van der Waals surface area contributed by atoms with Crippen molar-refractivity contribution in [1.82, 2.24) is 9.55 Å². The van der Waals surface area contributed by atoms with Gasteiger partial charge in [-0.25, -0.2) is 13.4 Å². The molecule has 0 fully saturated rings. The number of amides is 1. The van der Waals surface area contributed by atoms with Gasteiger partial charge in [-0.2, -0.15) is 0 Å². The van der Waals surface area contributed by atoms with E-state index in [0.29, 0.717) is 17.1 Å². The molecule has 168 valence electrons. The summed E-state index contributed by atoms with van der Waals surface area (Å²) >= 11 is 0. The summed E-state index contributed by atoms with van der Waals surface area (Å²) in [5.74, 6) is 0.242. The van der Waals surface area contributed by atoms with Crippen LogP contribution in [0.25, 0.3) is 11.0 Å². The molecule has 2 heterocycles. The minimum Gasteiger partial charge on any atom is -0.497 e. The Kier molecular flexibility index (Phi) is 5.97. The molecule has 0 atom stereocenters. The molecule has 0 saturated carbocycles. The highest BCUT2D eigenvalue weighted by Crippen LogP contribution is 2.21. The highest BCUT2D eigenvalue weighted by atomic mass is 32.2. The third-order valence-electron chi connectivity index (χ3n) is 5.06. The number of hydrogen-bond donors (Lipinski definition) is 1. The fourth-order valence-electron chi connectivity index (χ4n) is 3.40. The normalized spacial score (nSPS) is 11.3. The van der Waals surface area contributed by atoms with Crippen LogP contribution in [0.1, 0.15) is 5.69 Å². The molecule has 1 N–H and O–H groups in total. The van der Waals surface area contributed by atoms with Crippen LogP contribution >= 0.6 is 0 Å². The summed E-state index contributed by atoms with van der Waals surface area (Å²) < 4.78 is 32.9. The molecule has 0 aliphatic carbocycles. The van der Waals surface area contributed by atoms with Gasteiger partial charge in [0.2, 0.25) is 21.2 Å². The van der Waals surface area contributed by atoms with Gasteiger partial charge in [0.1, 0.15) is 22.8 Å². The van der Waals surface area contributed by atoms with E-state index in [1.807, 2.05) is 0 Å². The Morgan fingerprint density at radius 3 is 2.39 bits per heavy atom. The molecule has 2 aromatic heterocycles. The smallest absolute Gasteiger partial charge is 0.244 e. The van der Waals surface area contributed by atoms with Gasteiger partial charge in [0.15, 0.2) is 0 Å². The first-order valence-electron chi connectivity index (χ1n) is 10.0. The number of aromatic nitrogens is 2. The number of ether oxygens (including phenoxy) is 1. The second-order valence-electron chi connectivity index (χ2n) is 7.37. The molecular weight excluding hydrogens is 442 g/mol. The van der Waals surface area contributed by atoms with Gasteiger partial charge in [-0.1, -0.05) is 18.2 Å². The van der Waals surface area contributed by atoms with E-state index >= 15 is 0 Å². The number of pyridine rings is 2. The van der Waals surface area contributed by atoms with E-state index in [9.17, 15) is 18.0 Å². The fourth-order valence-corrected chi connectivity index (χ4v) is 4.79. The summed E-state index contributed by atoms with van der Waals surface area (Å²) in [7, 11) is -2.56. The summed E-state index contributed by atoms with van der Waals surface area (Å²) in [4.78, 5) is 29.8. The first-order valence-corrected chi connectivity index (χ1v) is 11.5. The lowest BCUT2D eigenvalue weighted by molar-refractivity contribution is -0.116. The molecule has 4 rings (SSSR count). The molecular formula is C24H21N3O5S. The Morgan fingerprint density at radius 1 is 1.03 bits per heavy atom. The van der Waals surface area contributed by atoms with Crippen LogP contribution in [0.4, 0.5) is 5.69 Å². The monoisotopic (exact) mass is 463 g/mol. The first kappa shape index (κ1) is 22.2. The third kappa shape index (κ3) is 4.49. The third-order valence-corrected chi connectivity index (χ3v) is 6.82. The number of methoxy groups -OCH3 is 1. The van der Waals surface area contributed by atoms with Gasteiger partial charge in [-0.3, -0.25) is 9.59 Å². The zero-order valence-electron chi connectivity index (χ0n) is 18.0. The Labute approximate surface area is 190 Å². The average molecular weight is 464 g/mol. The maximum atomic E-state index is 13.2. The molecule has 0 aliphatic heterocycles. The Bertz CT molecular complexity index is 1500. The zero-order chi connectivity index (χ0) is 23.6. The predicted molar refractivity (Wildman–Crippen MR) is 124 cm³/mol. The van der Waals surface area contributed by atoms with E-state index in [0.717, 1.165) is 0 Å². The Morgan fingerprint density at radius 2 is 1.73 bits per heavy atom. The molecule has 1 amide bonds. The van der Waals surface area contributed by atoms with Crippen molar-refractivity contribution >= 4 is 32.5 Å². The molecule has 0 saturated heterocycles. The SMILES string of the molecule is COc1ccc(NC(=O)Cn2cc(S(=O)(=O)c3ccccc3)c(=O)c3ccc(C)nc32)cc1. The van der Waals surface area contributed by atoms with Crippen LogP contribution in [-0.2, 0) is 21.2 Å². The number of carbonyl (C=O) groups excluding carboxylic acids is 1. The van der Waals surface area contributed by atoms with Gasteiger partial charge in [0.05, 0.1) is 17.4 Å². The topological polar surface area (TPSA) is 107 Å². The largest absolute Gasteiger partial charge is 0.497 e. The number of rotatable bonds is 6. The van der Waals surface area contributed by atoms with Crippen molar-refractivity contribution in [3.05, 3.63) is 88.8 Å². The van der Waals surface area contributed by atoms with Crippen LogP contribution in [-0.4, -0.2) is 31.0 Å². The molecule has 33 heavy (non-hydrogen) atoms. The van der Waals surface area contributed by atoms with Crippen molar-refractivity contribution in [3.8, 4) is 5.75 Å². The number of nitrogens with one attached hydrogen (secondary N) is 1. The standard InChI is InChI=1S/C24H21N3O5S/c1-16-8-13-20-23(29)21(33(30,31)19-6-4-3-5-7-19)14-27(24(20)25-16)15-22(28)26-17-9-11-18(32-2)12-10-17/h3-14H,15H2,1-2H3,(H,26,28). The summed E-state index contributed by atoms with van der Waals surface area (Å²) in [6, 6.07) is 17.7. The molecule has 2 aromatic carbocycles. The lowest BCUT2D eigenvalue weighted by Crippen LogP contribution is -2.24. The highest BCUT2D eigenvalue weighted by Gasteiger charge is 2.24. The van der Waals surface area contributed by atoms with Crippen LogP contribution in [0.5, 0.6) is 5.75 Å². The van der Waals surface area contributed by atoms with E-state index in [4.69, 9.17) is 4.74 Å². The fraction of sp³-hybridized carbons (Fsp3) is 0.125. The average Bonchev–Trinajstić information content (AvgIpc) is 2.81. The van der Waals surface area contributed by atoms with Gasteiger partial charge >= 0.3 is 0 Å². The van der Waals surface area contributed by atoms with Crippen molar-refractivity contribution in [3.63, 3.8) is 0 Å². The second kappa shape index (κ2) is 8.87. The second-order valence-corrected chi connectivity index (χ2v) is 9.29. The lowest BCUT2D eigenvalue weighted by atomic mass is 10.2. The van der Waals surface area contributed by atoms with Crippen LogP contribution in [0.3, 0.4) is 0 Å². The van der Waals surface area contributed by atoms with Crippen molar-refractivity contribution in [2.75, 3.05) is 12.4 Å². The van der Waals surface area contributed by atoms with Crippen molar-refractivity contribution in [2.24, 2.45) is 0 Å². The summed E-state index contributed by atoms with van der Waals surface area (Å²) in [5, 5.41) is 2.88. The van der Waals surface area contributed by atoms with Crippen LogP contribution in [0.2, 0.25) is 0 Å². The molecule has 0 spiro atoms. The zero-order valence-corrected chi connectivity index (χ0v) is 18.8. The van der Waals surface area contributed by atoms with E-state index < -0.39 is 26.1 Å². The van der Waals surface area contributed by atoms with Gasteiger partial charge < -0.3 is 14.6 Å². The number of aryl methyl sites for hydroxylation is 1. The molecule has 0 radical (unpaired) electrons.